The molecule has 0 aromatic carbocycles. The summed E-state index contributed by atoms with van der Waals surface area (Å²) in [6.45, 7) is 13.9. The van der Waals surface area contributed by atoms with Crippen LogP contribution in [0.3, 0.4) is 0 Å². The molecule has 1 rings (SSSR count). The van der Waals surface area contributed by atoms with Gasteiger partial charge in [-0.1, -0.05) is 34.6 Å². The van der Waals surface area contributed by atoms with E-state index in [-0.39, 0.29) is 23.5 Å². The van der Waals surface area contributed by atoms with Crippen molar-refractivity contribution >= 4 is 5.91 Å². The second-order valence-corrected chi connectivity index (χ2v) is 6.88. The summed E-state index contributed by atoms with van der Waals surface area (Å²) >= 11 is 0. The van der Waals surface area contributed by atoms with E-state index in [2.05, 4.69) is 39.9 Å². The molecule has 0 aromatic rings. The number of carbonyl (C=O) groups is 1. The minimum absolute atomic E-state index is 0.0151. The van der Waals surface area contributed by atoms with Crippen molar-refractivity contribution in [2.45, 2.75) is 66.6 Å². The smallest absolute Gasteiger partial charge is 0.240 e. The van der Waals surface area contributed by atoms with E-state index in [0.717, 1.165) is 19.4 Å². The van der Waals surface area contributed by atoms with Gasteiger partial charge in [-0.3, -0.25) is 10.1 Å². The monoisotopic (exact) mass is 240 g/mol. The molecule has 0 saturated carbocycles. The zero-order valence-electron chi connectivity index (χ0n) is 12.2. The predicted molar refractivity (Wildman–Crippen MR) is 71.6 cm³/mol. The highest BCUT2D eigenvalue weighted by Crippen LogP contribution is 2.23. The van der Waals surface area contributed by atoms with Crippen molar-refractivity contribution in [2.24, 2.45) is 11.3 Å². The van der Waals surface area contributed by atoms with Crippen LogP contribution in [0.15, 0.2) is 0 Å². The van der Waals surface area contributed by atoms with Crippen LogP contribution in [0.1, 0.15) is 54.4 Å². The van der Waals surface area contributed by atoms with Gasteiger partial charge >= 0.3 is 0 Å². The molecular formula is C14H28N2O. The van der Waals surface area contributed by atoms with E-state index in [0.29, 0.717) is 5.92 Å². The lowest BCUT2D eigenvalue weighted by molar-refractivity contribution is -0.130. The lowest BCUT2D eigenvalue weighted by Gasteiger charge is -2.28. The third-order valence-electron chi connectivity index (χ3n) is 3.27. The maximum atomic E-state index is 12.1. The summed E-state index contributed by atoms with van der Waals surface area (Å²) < 4.78 is 0. The lowest BCUT2D eigenvalue weighted by atomic mass is 9.92. The number of nitrogens with one attached hydrogen (secondary N) is 1. The van der Waals surface area contributed by atoms with Gasteiger partial charge < -0.3 is 4.90 Å². The highest BCUT2D eigenvalue weighted by Gasteiger charge is 2.36. The lowest BCUT2D eigenvalue weighted by Crippen LogP contribution is -2.40. The number of nitrogens with zero attached hydrogens (tertiary/aromatic N) is 1. The largest absolute Gasteiger partial charge is 0.326 e. The normalized spacial score (nSPS) is 26.1. The molecule has 3 nitrogen and oxygen atoms in total. The van der Waals surface area contributed by atoms with Crippen LogP contribution in [-0.4, -0.2) is 29.6 Å². The van der Waals surface area contributed by atoms with Gasteiger partial charge in [0.2, 0.25) is 5.91 Å². The Morgan fingerprint density at radius 1 is 1.35 bits per heavy atom. The standard InChI is InChI=1S/C14H28N2O/c1-10(2)9-12-15-11(3)13(17)16(12)8-7-14(4,5)6/h10-12,15H,7-9H2,1-6H3. The van der Waals surface area contributed by atoms with E-state index in [4.69, 9.17) is 0 Å². The van der Waals surface area contributed by atoms with Crippen molar-refractivity contribution in [3.05, 3.63) is 0 Å². The van der Waals surface area contributed by atoms with Crippen molar-refractivity contribution in [1.29, 1.82) is 0 Å². The average molecular weight is 240 g/mol. The van der Waals surface area contributed by atoms with Crippen LogP contribution in [0.4, 0.5) is 0 Å². The second kappa shape index (κ2) is 5.38. The third-order valence-corrected chi connectivity index (χ3v) is 3.27. The summed E-state index contributed by atoms with van der Waals surface area (Å²) in [5.74, 6) is 0.877. The zero-order chi connectivity index (χ0) is 13.2. The SMILES string of the molecule is CC(C)CC1NC(C)C(=O)N1CCC(C)(C)C. The fraction of sp³-hybridized carbons (Fsp3) is 0.929. The average Bonchev–Trinajstić information content (AvgIpc) is 2.38. The Kier molecular flexibility index (Phi) is 4.59. The highest BCUT2D eigenvalue weighted by atomic mass is 16.2. The molecule has 2 unspecified atom stereocenters. The molecular weight excluding hydrogens is 212 g/mol. The molecule has 17 heavy (non-hydrogen) atoms. The Bertz CT molecular complexity index is 268. The van der Waals surface area contributed by atoms with E-state index >= 15 is 0 Å². The van der Waals surface area contributed by atoms with Gasteiger partial charge in [0.15, 0.2) is 0 Å². The van der Waals surface area contributed by atoms with Crippen LogP contribution in [0.5, 0.6) is 0 Å². The van der Waals surface area contributed by atoms with E-state index in [1.165, 1.54) is 0 Å². The van der Waals surface area contributed by atoms with Crippen LogP contribution in [0.2, 0.25) is 0 Å². The molecule has 0 spiro atoms. The van der Waals surface area contributed by atoms with Gasteiger partial charge in [-0.05, 0) is 31.1 Å². The molecule has 0 radical (unpaired) electrons. The first-order valence-corrected chi connectivity index (χ1v) is 6.77. The van der Waals surface area contributed by atoms with E-state index in [1.54, 1.807) is 0 Å². The summed E-state index contributed by atoms with van der Waals surface area (Å²) in [4.78, 5) is 14.1. The van der Waals surface area contributed by atoms with Gasteiger partial charge in [-0.25, -0.2) is 0 Å². The third kappa shape index (κ3) is 4.30. The van der Waals surface area contributed by atoms with Gasteiger partial charge in [0.1, 0.15) is 0 Å². The molecule has 1 fully saturated rings. The Balaban J connectivity index is 2.61. The van der Waals surface area contributed by atoms with Crippen LogP contribution in [-0.2, 0) is 4.79 Å². The van der Waals surface area contributed by atoms with Crippen LogP contribution >= 0.6 is 0 Å². The van der Waals surface area contributed by atoms with Gasteiger partial charge in [0.25, 0.3) is 0 Å². The number of amides is 1. The number of hydrogen-bond acceptors (Lipinski definition) is 2. The summed E-state index contributed by atoms with van der Waals surface area (Å²) in [5.41, 5.74) is 0.286. The molecule has 1 amide bonds. The summed E-state index contributed by atoms with van der Waals surface area (Å²) in [6, 6.07) is -0.0151. The zero-order valence-corrected chi connectivity index (χ0v) is 12.2. The Morgan fingerprint density at radius 2 is 1.94 bits per heavy atom. The fourth-order valence-electron chi connectivity index (χ4n) is 2.22. The first-order valence-electron chi connectivity index (χ1n) is 6.77. The minimum Gasteiger partial charge on any atom is -0.326 e. The van der Waals surface area contributed by atoms with E-state index in [9.17, 15) is 4.79 Å². The number of hydrogen-bond donors (Lipinski definition) is 1. The first kappa shape index (κ1) is 14.5. The predicted octanol–water partition coefficient (Wildman–Crippen LogP) is 2.62. The van der Waals surface area contributed by atoms with Crippen LogP contribution in [0, 0.1) is 11.3 Å². The molecule has 100 valence electrons. The van der Waals surface area contributed by atoms with Gasteiger partial charge in [-0.2, -0.15) is 0 Å². The molecule has 1 heterocycles. The quantitative estimate of drug-likeness (QED) is 0.819. The van der Waals surface area contributed by atoms with Crippen molar-refractivity contribution in [3.63, 3.8) is 0 Å². The highest BCUT2D eigenvalue weighted by molar-refractivity contribution is 5.83. The van der Waals surface area contributed by atoms with Crippen molar-refractivity contribution in [3.8, 4) is 0 Å². The molecule has 0 aliphatic carbocycles. The van der Waals surface area contributed by atoms with Gasteiger partial charge in [0.05, 0.1) is 12.2 Å². The van der Waals surface area contributed by atoms with Crippen LogP contribution in [0.25, 0.3) is 0 Å². The first-order chi connectivity index (χ1) is 7.70. The van der Waals surface area contributed by atoms with Crippen molar-refractivity contribution in [2.75, 3.05) is 6.54 Å². The molecule has 0 aromatic heterocycles. The summed E-state index contributed by atoms with van der Waals surface area (Å²) in [5, 5.41) is 3.40. The van der Waals surface area contributed by atoms with Crippen LogP contribution < -0.4 is 5.32 Å². The van der Waals surface area contributed by atoms with Gasteiger partial charge in [0, 0.05) is 6.54 Å². The maximum absolute atomic E-state index is 12.1. The Morgan fingerprint density at radius 3 is 2.41 bits per heavy atom. The maximum Gasteiger partial charge on any atom is 0.240 e. The molecule has 2 atom stereocenters. The minimum atomic E-state index is -0.0151. The molecule has 1 N–H and O–H groups in total. The molecule has 3 heteroatoms. The van der Waals surface area contributed by atoms with Gasteiger partial charge in [-0.15, -0.1) is 0 Å². The number of rotatable bonds is 4. The van der Waals surface area contributed by atoms with Crippen molar-refractivity contribution < 1.29 is 4.79 Å². The molecule has 0 bridgehead atoms. The van der Waals surface area contributed by atoms with E-state index < -0.39 is 0 Å². The Hall–Kier alpha value is -0.570. The summed E-state index contributed by atoms with van der Waals surface area (Å²) in [7, 11) is 0. The van der Waals surface area contributed by atoms with E-state index in [1.807, 2.05) is 11.8 Å². The summed E-state index contributed by atoms with van der Waals surface area (Å²) in [6.07, 6.45) is 2.34. The van der Waals surface area contributed by atoms with Crippen molar-refractivity contribution in [1.82, 2.24) is 10.2 Å². The fourth-order valence-corrected chi connectivity index (χ4v) is 2.22. The number of carbonyl (C=O) groups excluding carboxylic acids is 1. The molecule has 1 aliphatic rings. The second-order valence-electron chi connectivity index (χ2n) is 6.88. The Labute approximate surface area is 106 Å². The topological polar surface area (TPSA) is 32.3 Å². The molecule has 1 saturated heterocycles. The molecule has 1 aliphatic heterocycles.